The number of carboxylic acid groups (broad SMARTS) is 1. The average Bonchev–Trinajstić information content (AvgIpc) is 3.30. The number of amides is 1. The number of nitrogen functional groups attached to an aromatic ring is 1. The third-order valence-corrected chi connectivity index (χ3v) is 8.02. The molecule has 1 aliphatic heterocycles. The Kier molecular flexibility index (Phi) is 6.71. The van der Waals surface area contributed by atoms with Crippen LogP contribution in [0.15, 0.2) is 53.7 Å². The number of piperidine rings is 1. The van der Waals surface area contributed by atoms with Crippen molar-refractivity contribution in [3.8, 4) is 11.3 Å². The number of nitrogens with two attached hydrogens (primary N) is 1. The second-order valence-corrected chi connectivity index (χ2v) is 11.0. The molecule has 4 N–H and O–H groups in total. The van der Waals surface area contributed by atoms with Crippen LogP contribution in [0.4, 0.5) is 15.0 Å². The van der Waals surface area contributed by atoms with Gasteiger partial charge in [0.25, 0.3) is 0 Å². The first-order valence-corrected chi connectivity index (χ1v) is 13.4. The number of likely N-dealkylation sites (tertiary alicyclic amines) is 1. The molecule has 13 heteroatoms. The van der Waals surface area contributed by atoms with Crippen molar-refractivity contribution in [2.75, 3.05) is 18.8 Å². The van der Waals surface area contributed by atoms with E-state index in [4.69, 9.17) is 10.8 Å². The molecule has 0 spiro atoms. The summed E-state index contributed by atoms with van der Waals surface area (Å²) < 4.78 is 43.5. The molecular formula is C25H26FN7O4S. The van der Waals surface area contributed by atoms with Gasteiger partial charge in [-0.15, -0.1) is 0 Å². The number of aryl methyl sites for hydroxylation is 1. The number of hydrogen-bond donors (Lipinski definition) is 3. The SMILES string of the molecule is Cc1ccc(F)c(S(=O)(=O)NCc2ccc(-c3nn([C@@H]4CCCN(C(=O)O)C4)c4ncnc(N)c34)cc2)c1. The average molecular weight is 540 g/mol. The molecule has 38 heavy (non-hydrogen) atoms. The van der Waals surface area contributed by atoms with Gasteiger partial charge in [-0.3, -0.25) is 0 Å². The van der Waals surface area contributed by atoms with Crippen LogP contribution in [0.3, 0.4) is 0 Å². The Hall–Kier alpha value is -4.10. The summed E-state index contributed by atoms with van der Waals surface area (Å²) in [4.78, 5) is 21.0. The Morgan fingerprint density at radius 2 is 1.97 bits per heavy atom. The van der Waals surface area contributed by atoms with Gasteiger partial charge in [-0.1, -0.05) is 30.3 Å². The molecule has 0 unspecified atom stereocenters. The van der Waals surface area contributed by atoms with Crippen molar-refractivity contribution in [3.63, 3.8) is 0 Å². The minimum Gasteiger partial charge on any atom is -0.465 e. The fourth-order valence-corrected chi connectivity index (χ4v) is 5.81. The van der Waals surface area contributed by atoms with Crippen LogP contribution in [-0.2, 0) is 16.6 Å². The largest absolute Gasteiger partial charge is 0.465 e. The molecule has 198 valence electrons. The molecule has 4 aromatic rings. The molecule has 0 saturated carbocycles. The first-order chi connectivity index (χ1) is 18.1. The molecule has 1 saturated heterocycles. The van der Waals surface area contributed by atoms with Gasteiger partial charge in [-0.05, 0) is 43.0 Å². The number of sulfonamides is 1. The van der Waals surface area contributed by atoms with Crippen LogP contribution in [0.1, 0.15) is 30.0 Å². The molecule has 0 radical (unpaired) electrons. The Bertz CT molecular complexity index is 1620. The van der Waals surface area contributed by atoms with Gasteiger partial charge in [0.15, 0.2) is 5.65 Å². The van der Waals surface area contributed by atoms with E-state index in [1.807, 2.05) is 0 Å². The van der Waals surface area contributed by atoms with Crippen LogP contribution in [0.25, 0.3) is 22.3 Å². The van der Waals surface area contributed by atoms with Gasteiger partial charge in [0.2, 0.25) is 10.0 Å². The molecule has 0 aliphatic carbocycles. The topological polar surface area (TPSA) is 156 Å². The number of nitrogens with one attached hydrogen (secondary N) is 1. The smallest absolute Gasteiger partial charge is 0.407 e. The maximum atomic E-state index is 14.1. The molecule has 1 fully saturated rings. The number of carbonyl (C=O) groups is 1. The second-order valence-electron chi connectivity index (χ2n) is 9.23. The lowest BCUT2D eigenvalue weighted by molar-refractivity contribution is 0.120. The predicted octanol–water partition coefficient (Wildman–Crippen LogP) is 3.32. The quantitative estimate of drug-likeness (QED) is 0.337. The highest BCUT2D eigenvalue weighted by atomic mass is 32.2. The van der Waals surface area contributed by atoms with Gasteiger partial charge < -0.3 is 15.7 Å². The monoisotopic (exact) mass is 539 g/mol. The Morgan fingerprint density at radius 1 is 1.21 bits per heavy atom. The van der Waals surface area contributed by atoms with E-state index in [2.05, 4.69) is 14.7 Å². The van der Waals surface area contributed by atoms with Crippen LogP contribution < -0.4 is 10.5 Å². The number of fused-ring (bicyclic) bond motifs is 1. The van der Waals surface area contributed by atoms with E-state index in [1.165, 1.54) is 23.4 Å². The molecular weight excluding hydrogens is 513 g/mol. The minimum absolute atomic E-state index is 0.0382. The fraction of sp³-hybridized carbons (Fsp3) is 0.280. The van der Waals surface area contributed by atoms with Crippen LogP contribution in [0, 0.1) is 12.7 Å². The van der Waals surface area contributed by atoms with E-state index in [0.717, 1.165) is 12.5 Å². The third kappa shape index (κ3) is 4.89. The predicted molar refractivity (Wildman–Crippen MR) is 138 cm³/mol. The van der Waals surface area contributed by atoms with Crippen LogP contribution in [0.2, 0.25) is 0 Å². The number of halogens is 1. The van der Waals surface area contributed by atoms with Gasteiger partial charge in [0.1, 0.15) is 28.6 Å². The molecule has 1 amide bonds. The standard InChI is InChI=1S/C25H26FN7O4S/c1-15-4-9-19(26)20(11-15)38(36,37)30-12-16-5-7-17(8-6-16)22-21-23(27)28-14-29-24(21)33(31-22)18-3-2-10-32(13-18)25(34)35/h4-9,11,14,18,30H,2-3,10,12-13H2,1H3,(H,34,35)(H2,27,28,29)/t18-/m1/s1. The number of nitrogens with zero attached hydrogens (tertiary/aromatic N) is 5. The van der Waals surface area contributed by atoms with Crippen molar-refractivity contribution >= 4 is 33.0 Å². The first kappa shape index (κ1) is 25.5. The highest BCUT2D eigenvalue weighted by molar-refractivity contribution is 7.89. The van der Waals surface area contributed by atoms with Crippen LogP contribution in [0.5, 0.6) is 0 Å². The Labute approximate surface area is 218 Å². The summed E-state index contributed by atoms with van der Waals surface area (Å²) in [5, 5.41) is 14.8. The maximum absolute atomic E-state index is 14.1. The summed E-state index contributed by atoms with van der Waals surface area (Å²) in [7, 11) is -4.05. The summed E-state index contributed by atoms with van der Waals surface area (Å²) >= 11 is 0. The zero-order valence-corrected chi connectivity index (χ0v) is 21.3. The van der Waals surface area contributed by atoms with Crippen LogP contribution in [-0.4, -0.2) is 57.4 Å². The molecule has 5 rings (SSSR count). The van der Waals surface area contributed by atoms with Gasteiger partial charge in [0, 0.05) is 25.2 Å². The van der Waals surface area contributed by atoms with Crippen molar-refractivity contribution in [1.82, 2.24) is 29.4 Å². The third-order valence-electron chi connectivity index (χ3n) is 6.60. The molecule has 2 aromatic heterocycles. The van der Waals surface area contributed by atoms with Crippen LogP contribution >= 0.6 is 0 Å². The van der Waals surface area contributed by atoms with Gasteiger partial charge >= 0.3 is 6.09 Å². The van der Waals surface area contributed by atoms with E-state index >= 15 is 0 Å². The summed E-state index contributed by atoms with van der Waals surface area (Å²) in [6, 6.07) is 10.7. The number of anilines is 1. The molecule has 1 aliphatic rings. The molecule has 2 aromatic carbocycles. The molecule has 1 atom stereocenters. The maximum Gasteiger partial charge on any atom is 0.407 e. The summed E-state index contributed by atoms with van der Waals surface area (Å²) in [6.45, 7) is 2.41. The highest BCUT2D eigenvalue weighted by Crippen LogP contribution is 2.34. The molecule has 3 heterocycles. The minimum atomic E-state index is -4.05. The molecule has 11 nitrogen and oxygen atoms in total. The Balaban J connectivity index is 1.41. The summed E-state index contributed by atoms with van der Waals surface area (Å²) in [5.74, 6) is -0.565. The number of benzene rings is 2. The van der Waals surface area contributed by atoms with Crippen molar-refractivity contribution in [2.45, 2.75) is 37.2 Å². The lowest BCUT2D eigenvalue weighted by Crippen LogP contribution is -2.40. The fourth-order valence-electron chi connectivity index (χ4n) is 4.63. The van der Waals surface area contributed by atoms with Crippen molar-refractivity contribution in [3.05, 3.63) is 65.7 Å². The summed E-state index contributed by atoms with van der Waals surface area (Å²) in [5.41, 5.74) is 9.25. The zero-order chi connectivity index (χ0) is 27.0. The van der Waals surface area contributed by atoms with E-state index in [-0.39, 0.29) is 24.9 Å². The first-order valence-electron chi connectivity index (χ1n) is 12.0. The number of rotatable bonds is 6. The summed E-state index contributed by atoms with van der Waals surface area (Å²) in [6.07, 6.45) is 1.82. The van der Waals surface area contributed by atoms with E-state index in [9.17, 15) is 22.7 Å². The van der Waals surface area contributed by atoms with Gasteiger partial charge in [-0.25, -0.2) is 37.0 Å². The normalized spacial score (nSPS) is 16.2. The zero-order valence-electron chi connectivity index (χ0n) is 20.5. The lowest BCUT2D eigenvalue weighted by atomic mass is 10.1. The van der Waals surface area contributed by atoms with E-state index in [0.29, 0.717) is 46.4 Å². The molecule has 0 bridgehead atoms. The van der Waals surface area contributed by atoms with Gasteiger partial charge in [0.05, 0.1) is 11.4 Å². The van der Waals surface area contributed by atoms with Crippen molar-refractivity contribution in [1.29, 1.82) is 0 Å². The van der Waals surface area contributed by atoms with E-state index in [1.54, 1.807) is 35.9 Å². The van der Waals surface area contributed by atoms with Crippen molar-refractivity contribution in [2.24, 2.45) is 0 Å². The number of hydrogen-bond acceptors (Lipinski definition) is 7. The second kappa shape index (κ2) is 9.99. The Morgan fingerprint density at radius 3 is 2.71 bits per heavy atom. The lowest BCUT2D eigenvalue weighted by Gasteiger charge is -2.30. The van der Waals surface area contributed by atoms with Gasteiger partial charge in [-0.2, -0.15) is 5.10 Å². The van der Waals surface area contributed by atoms with E-state index < -0.39 is 26.8 Å². The van der Waals surface area contributed by atoms with Crippen molar-refractivity contribution < 1.29 is 22.7 Å². The highest BCUT2D eigenvalue weighted by Gasteiger charge is 2.28. The number of aromatic nitrogens is 4.